The summed E-state index contributed by atoms with van der Waals surface area (Å²) in [7, 11) is 3.90. The molecule has 1 aliphatic rings. The lowest BCUT2D eigenvalue weighted by Crippen LogP contribution is -2.40. The smallest absolute Gasteiger partial charge is 0.193 e. The predicted molar refractivity (Wildman–Crippen MR) is 81.6 cm³/mol. The second-order valence-corrected chi connectivity index (χ2v) is 5.20. The van der Waals surface area contributed by atoms with Crippen LogP contribution in [0, 0.1) is 5.92 Å². The molecule has 1 aliphatic carbocycles. The molecular weight excluding hydrogens is 238 g/mol. The lowest BCUT2D eigenvalue weighted by atomic mass is 10.3. The Morgan fingerprint density at radius 2 is 2.26 bits per heavy atom. The number of rotatable bonds is 10. The molecule has 4 heteroatoms. The molecule has 0 amide bonds. The van der Waals surface area contributed by atoms with Gasteiger partial charge in [-0.05, 0) is 38.0 Å². The van der Waals surface area contributed by atoms with Gasteiger partial charge in [-0.3, -0.25) is 4.99 Å². The zero-order valence-corrected chi connectivity index (χ0v) is 12.5. The molecule has 4 nitrogen and oxygen atoms in total. The van der Waals surface area contributed by atoms with Crippen molar-refractivity contribution >= 4 is 5.96 Å². The number of nitrogens with zero attached hydrogens (tertiary/aromatic N) is 2. The summed E-state index contributed by atoms with van der Waals surface area (Å²) in [6.07, 6.45) is 7.88. The number of guanidine groups is 1. The van der Waals surface area contributed by atoms with E-state index in [0.29, 0.717) is 0 Å². The summed E-state index contributed by atoms with van der Waals surface area (Å²) in [5, 5.41) is 3.37. The minimum Gasteiger partial charge on any atom is -0.381 e. The van der Waals surface area contributed by atoms with Crippen LogP contribution in [0.2, 0.25) is 0 Å². The van der Waals surface area contributed by atoms with Crippen molar-refractivity contribution in [3.05, 3.63) is 12.7 Å². The van der Waals surface area contributed by atoms with Crippen LogP contribution >= 0.6 is 0 Å². The Morgan fingerprint density at radius 1 is 1.47 bits per heavy atom. The molecule has 0 aliphatic heterocycles. The van der Waals surface area contributed by atoms with Crippen LogP contribution in [0.1, 0.15) is 32.1 Å². The van der Waals surface area contributed by atoms with Gasteiger partial charge in [0.05, 0.1) is 0 Å². The van der Waals surface area contributed by atoms with Gasteiger partial charge in [-0.2, -0.15) is 0 Å². The standard InChI is InChI=1S/C15H29N3O/c1-4-5-6-11-18(3)15(16-2)17-10-7-12-19-13-14-8-9-14/h4,14H,1,5-13H2,2-3H3,(H,16,17). The topological polar surface area (TPSA) is 36.9 Å². The Labute approximate surface area is 117 Å². The fourth-order valence-corrected chi connectivity index (χ4v) is 1.87. The fraction of sp³-hybridized carbons (Fsp3) is 0.800. The number of ether oxygens (including phenoxy) is 1. The highest BCUT2D eigenvalue weighted by molar-refractivity contribution is 5.79. The van der Waals surface area contributed by atoms with E-state index in [2.05, 4.69) is 28.8 Å². The average Bonchev–Trinajstić information content (AvgIpc) is 3.22. The average molecular weight is 267 g/mol. The summed E-state index contributed by atoms with van der Waals surface area (Å²) in [5.74, 6) is 1.82. The molecule has 0 heterocycles. The molecule has 0 aromatic rings. The highest BCUT2D eigenvalue weighted by atomic mass is 16.5. The molecule has 0 bridgehead atoms. The molecule has 0 unspecified atom stereocenters. The maximum Gasteiger partial charge on any atom is 0.193 e. The molecule has 0 aromatic carbocycles. The Hall–Kier alpha value is -1.03. The largest absolute Gasteiger partial charge is 0.381 e. The Balaban J connectivity index is 2.01. The first-order valence-electron chi connectivity index (χ1n) is 7.38. The van der Waals surface area contributed by atoms with Crippen LogP contribution in [-0.4, -0.2) is 51.3 Å². The first kappa shape index (κ1) is 16.0. The zero-order chi connectivity index (χ0) is 13.9. The van der Waals surface area contributed by atoms with E-state index in [-0.39, 0.29) is 0 Å². The van der Waals surface area contributed by atoms with Gasteiger partial charge in [0, 0.05) is 40.4 Å². The Kier molecular flexibility index (Phi) is 8.30. The van der Waals surface area contributed by atoms with Gasteiger partial charge < -0.3 is 15.0 Å². The van der Waals surface area contributed by atoms with E-state index in [1.54, 1.807) is 0 Å². The molecule has 0 atom stereocenters. The van der Waals surface area contributed by atoms with Crippen molar-refractivity contribution in [3.63, 3.8) is 0 Å². The van der Waals surface area contributed by atoms with Crippen molar-refractivity contribution in [1.82, 2.24) is 10.2 Å². The third-order valence-corrected chi connectivity index (χ3v) is 3.27. The van der Waals surface area contributed by atoms with Gasteiger partial charge in [0.25, 0.3) is 0 Å². The van der Waals surface area contributed by atoms with Crippen LogP contribution in [0.15, 0.2) is 17.6 Å². The molecule has 110 valence electrons. The number of nitrogens with one attached hydrogen (secondary N) is 1. The summed E-state index contributed by atoms with van der Waals surface area (Å²) in [6.45, 7) is 7.47. The van der Waals surface area contributed by atoms with E-state index in [4.69, 9.17) is 4.74 Å². The first-order valence-corrected chi connectivity index (χ1v) is 7.38. The number of unbranched alkanes of at least 4 members (excludes halogenated alkanes) is 1. The van der Waals surface area contributed by atoms with Crippen molar-refractivity contribution < 1.29 is 4.74 Å². The molecule has 1 fully saturated rings. The minimum absolute atomic E-state index is 0.848. The number of aliphatic imine (C=N–C) groups is 1. The fourth-order valence-electron chi connectivity index (χ4n) is 1.87. The SMILES string of the molecule is C=CCCCN(C)C(=NC)NCCCOCC1CC1. The first-order chi connectivity index (χ1) is 9.27. The molecule has 0 saturated heterocycles. The number of hydrogen-bond acceptors (Lipinski definition) is 2. The van der Waals surface area contributed by atoms with Crippen molar-refractivity contribution in [2.45, 2.75) is 32.1 Å². The van der Waals surface area contributed by atoms with Gasteiger partial charge in [-0.1, -0.05) is 6.08 Å². The van der Waals surface area contributed by atoms with E-state index in [1.165, 1.54) is 12.8 Å². The van der Waals surface area contributed by atoms with Gasteiger partial charge in [-0.25, -0.2) is 0 Å². The summed E-state index contributed by atoms with van der Waals surface area (Å²) >= 11 is 0. The molecule has 1 N–H and O–H groups in total. The van der Waals surface area contributed by atoms with Crippen molar-refractivity contribution in [2.75, 3.05) is 40.4 Å². The van der Waals surface area contributed by atoms with E-state index >= 15 is 0 Å². The van der Waals surface area contributed by atoms with Crippen LogP contribution < -0.4 is 5.32 Å². The van der Waals surface area contributed by atoms with Crippen LogP contribution in [-0.2, 0) is 4.74 Å². The Bertz CT molecular complexity index is 275. The summed E-state index contributed by atoms with van der Waals surface area (Å²) in [5.41, 5.74) is 0. The summed E-state index contributed by atoms with van der Waals surface area (Å²) < 4.78 is 5.61. The molecule has 0 aromatic heterocycles. The van der Waals surface area contributed by atoms with Gasteiger partial charge in [0.15, 0.2) is 5.96 Å². The van der Waals surface area contributed by atoms with Gasteiger partial charge in [0.1, 0.15) is 0 Å². The van der Waals surface area contributed by atoms with Crippen molar-refractivity contribution in [2.24, 2.45) is 10.9 Å². The van der Waals surface area contributed by atoms with E-state index in [9.17, 15) is 0 Å². The quantitative estimate of drug-likeness (QED) is 0.285. The maximum atomic E-state index is 5.61. The maximum absolute atomic E-state index is 5.61. The van der Waals surface area contributed by atoms with Crippen LogP contribution in [0.5, 0.6) is 0 Å². The van der Waals surface area contributed by atoms with Gasteiger partial charge >= 0.3 is 0 Å². The van der Waals surface area contributed by atoms with E-state index < -0.39 is 0 Å². The molecule has 1 rings (SSSR count). The second-order valence-electron chi connectivity index (χ2n) is 5.20. The normalized spacial score (nSPS) is 15.4. The van der Waals surface area contributed by atoms with Gasteiger partial charge in [-0.15, -0.1) is 6.58 Å². The molecule has 0 radical (unpaired) electrons. The highest BCUT2D eigenvalue weighted by Gasteiger charge is 2.20. The molecular formula is C15H29N3O. The molecule has 19 heavy (non-hydrogen) atoms. The zero-order valence-electron chi connectivity index (χ0n) is 12.5. The van der Waals surface area contributed by atoms with Crippen LogP contribution in [0.4, 0.5) is 0 Å². The third kappa shape index (κ3) is 7.88. The Morgan fingerprint density at radius 3 is 2.89 bits per heavy atom. The predicted octanol–water partition coefficient (Wildman–Crippen LogP) is 2.28. The van der Waals surface area contributed by atoms with Gasteiger partial charge in [0.2, 0.25) is 0 Å². The van der Waals surface area contributed by atoms with Crippen LogP contribution in [0.3, 0.4) is 0 Å². The highest BCUT2D eigenvalue weighted by Crippen LogP contribution is 2.28. The summed E-state index contributed by atoms with van der Waals surface area (Å²) in [6, 6.07) is 0. The van der Waals surface area contributed by atoms with Crippen LogP contribution in [0.25, 0.3) is 0 Å². The number of allylic oxidation sites excluding steroid dienone is 1. The summed E-state index contributed by atoms with van der Waals surface area (Å²) in [4.78, 5) is 6.45. The third-order valence-electron chi connectivity index (χ3n) is 3.27. The second kappa shape index (κ2) is 9.84. The van der Waals surface area contributed by atoms with Crippen molar-refractivity contribution in [1.29, 1.82) is 0 Å². The lowest BCUT2D eigenvalue weighted by molar-refractivity contribution is 0.122. The van der Waals surface area contributed by atoms with E-state index in [1.807, 2.05) is 13.1 Å². The molecule has 1 saturated carbocycles. The van der Waals surface area contributed by atoms with Crippen molar-refractivity contribution in [3.8, 4) is 0 Å². The minimum atomic E-state index is 0.848. The lowest BCUT2D eigenvalue weighted by Gasteiger charge is -2.21. The molecule has 0 spiro atoms. The monoisotopic (exact) mass is 267 g/mol. The van der Waals surface area contributed by atoms with E-state index in [0.717, 1.165) is 57.4 Å². The number of hydrogen-bond donors (Lipinski definition) is 1.